The van der Waals surface area contributed by atoms with Crippen LogP contribution in [0.5, 0.6) is 0 Å². The summed E-state index contributed by atoms with van der Waals surface area (Å²) in [6.07, 6.45) is 6.09. The number of hydrogen-bond acceptors (Lipinski definition) is 4. The first-order chi connectivity index (χ1) is 8.36. The third-order valence-corrected chi connectivity index (χ3v) is 4.99. The van der Waals surface area contributed by atoms with Crippen LogP contribution in [0.1, 0.15) is 40.9 Å². The Bertz CT molecular complexity index is 385. The van der Waals surface area contributed by atoms with Crippen LogP contribution in [0, 0.1) is 5.92 Å². The fourth-order valence-electron chi connectivity index (χ4n) is 2.83. The van der Waals surface area contributed by atoms with Gasteiger partial charge in [-0.05, 0) is 38.6 Å². The molecule has 3 rings (SSSR count). The number of ether oxygens (including phenoxy) is 1. The van der Waals surface area contributed by atoms with E-state index >= 15 is 0 Å². The fourth-order valence-corrected chi connectivity index (χ4v) is 4.11. The molecule has 1 fully saturated rings. The number of nitrogens with one attached hydrogen (secondary N) is 1. The summed E-state index contributed by atoms with van der Waals surface area (Å²) in [5, 5.41) is 4.71. The van der Waals surface area contributed by atoms with Gasteiger partial charge in [-0.15, -0.1) is 11.3 Å². The molecule has 3 nitrogen and oxygen atoms in total. The van der Waals surface area contributed by atoms with E-state index in [1.807, 2.05) is 18.4 Å². The Morgan fingerprint density at radius 3 is 3.18 bits per heavy atom. The first-order valence-electron chi connectivity index (χ1n) is 6.60. The van der Waals surface area contributed by atoms with Crippen molar-refractivity contribution in [1.29, 1.82) is 0 Å². The van der Waals surface area contributed by atoms with Crippen LogP contribution in [0.2, 0.25) is 0 Å². The second-order valence-electron chi connectivity index (χ2n) is 5.08. The van der Waals surface area contributed by atoms with Gasteiger partial charge < -0.3 is 10.1 Å². The maximum absolute atomic E-state index is 5.44. The predicted octanol–water partition coefficient (Wildman–Crippen LogP) is 2.32. The standard InChI is InChI=1S/C13H20N2OS/c1-14-10-3-2-4-11-13(10)15-12(17-11)7-9-5-6-16-8-9/h9-10,14H,2-8H2,1H3. The molecule has 2 aliphatic rings. The average molecular weight is 252 g/mol. The lowest BCUT2D eigenvalue weighted by atomic mass is 9.98. The number of hydrogen-bond donors (Lipinski definition) is 1. The summed E-state index contributed by atoms with van der Waals surface area (Å²) in [6, 6.07) is 0.489. The molecular weight excluding hydrogens is 232 g/mol. The van der Waals surface area contributed by atoms with Crippen LogP contribution in [0.15, 0.2) is 0 Å². The second kappa shape index (κ2) is 5.04. The molecule has 0 aromatic carbocycles. The van der Waals surface area contributed by atoms with Crippen LogP contribution in [-0.2, 0) is 17.6 Å². The van der Waals surface area contributed by atoms with E-state index in [0.29, 0.717) is 12.0 Å². The first kappa shape index (κ1) is 11.6. The minimum Gasteiger partial charge on any atom is -0.381 e. The van der Waals surface area contributed by atoms with Gasteiger partial charge in [0.2, 0.25) is 0 Å². The highest BCUT2D eigenvalue weighted by atomic mass is 32.1. The Hall–Kier alpha value is -0.450. The zero-order chi connectivity index (χ0) is 11.7. The SMILES string of the molecule is CNC1CCCc2sc(CC3CCOC3)nc21. The summed E-state index contributed by atoms with van der Waals surface area (Å²) in [5.74, 6) is 0.704. The van der Waals surface area contributed by atoms with E-state index in [-0.39, 0.29) is 0 Å². The van der Waals surface area contributed by atoms with Crippen LogP contribution < -0.4 is 5.32 Å². The zero-order valence-electron chi connectivity index (χ0n) is 10.4. The van der Waals surface area contributed by atoms with Gasteiger partial charge in [-0.25, -0.2) is 4.98 Å². The summed E-state index contributed by atoms with van der Waals surface area (Å²) in [7, 11) is 2.05. The van der Waals surface area contributed by atoms with Crippen molar-refractivity contribution < 1.29 is 4.74 Å². The largest absolute Gasteiger partial charge is 0.381 e. The summed E-state index contributed by atoms with van der Waals surface area (Å²) in [4.78, 5) is 6.39. The molecule has 4 heteroatoms. The lowest BCUT2D eigenvalue weighted by Crippen LogP contribution is -2.21. The maximum atomic E-state index is 5.44. The van der Waals surface area contributed by atoms with Crippen molar-refractivity contribution in [2.24, 2.45) is 5.92 Å². The van der Waals surface area contributed by atoms with Gasteiger partial charge in [0.15, 0.2) is 0 Å². The van der Waals surface area contributed by atoms with E-state index in [4.69, 9.17) is 9.72 Å². The zero-order valence-corrected chi connectivity index (χ0v) is 11.2. The van der Waals surface area contributed by atoms with E-state index in [9.17, 15) is 0 Å². The predicted molar refractivity (Wildman–Crippen MR) is 69.5 cm³/mol. The molecule has 17 heavy (non-hydrogen) atoms. The highest BCUT2D eigenvalue weighted by Crippen LogP contribution is 2.34. The fraction of sp³-hybridized carbons (Fsp3) is 0.769. The topological polar surface area (TPSA) is 34.1 Å². The van der Waals surface area contributed by atoms with Gasteiger partial charge in [0.1, 0.15) is 0 Å². The molecule has 1 N–H and O–H groups in total. The van der Waals surface area contributed by atoms with E-state index in [2.05, 4.69) is 5.32 Å². The van der Waals surface area contributed by atoms with Crippen molar-refractivity contribution in [1.82, 2.24) is 10.3 Å². The summed E-state index contributed by atoms with van der Waals surface area (Å²) in [5.41, 5.74) is 1.33. The first-order valence-corrected chi connectivity index (χ1v) is 7.42. The Morgan fingerprint density at radius 2 is 2.41 bits per heavy atom. The summed E-state index contributed by atoms with van der Waals surface area (Å²) >= 11 is 1.93. The molecule has 2 heterocycles. The van der Waals surface area contributed by atoms with Crippen LogP contribution in [0.4, 0.5) is 0 Å². The van der Waals surface area contributed by atoms with E-state index in [0.717, 1.165) is 19.6 Å². The number of fused-ring (bicyclic) bond motifs is 1. The normalized spacial score (nSPS) is 28.3. The lowest BCUT2D eigenvalue weighted by Gasteiger charge is -2.19. The molecule has 1 aliphatic carbocycles. The van der Waals surface area contributed by atoms with Gasteiger partial charge in [-0.3, -0.25) is 0 Å². The number of aryl methyl sites for hydroxylation is 1. The van der Waals surface area contributed by atoms with Crippen molar-refractivity contribution >= 4 is 11.3 Å². The van der Waals surface area contributed by atoms with Gasteiger partial charge in [-0.1, -0.05) is 0 Å². The van der Waals surface area contributed by atoms with Crippen LogP contribution in [0.3, 0.4) is 0 Å². The van der Waals surface area contributed by atoms with Gasteiger partial charge in [0.25, 0.3) is 0 Å². The van der Waals surface area contributed by atoms with Crippen molar-refractivity contribution in [3.05, 3.63) is 15.6 Å². The average Bonchev–Trinajstić information content (AvgIpc) is 2.97. The molecule has 94 valence electrons. The Morgan fingerprint density at radius 1 is 1.47 bits per heavy atom. The minimum absolute atomic E-state index is 0.489. The van der Waals surface area contributed by atoms with E-state index in [1.54, 1.807) is 0 Å². The van der Waals surface area contributed by atoms with Crippen molar-refractivity contribution in [3.63, 3.8) is 0 Å². The highest BCUT2D eigenvalue weighted by molar-refractivity contribution is 7.11. The molecule has 0 bridgehead atoms. The summed E-state index contributed by atoms with van der Waals surface area (Å²) < 4.78 is 5.44. The van der Waals surface area contributed by atoms with Crippen LogP contribution in [-0.4, -0.2) is 25.2 Å². The maximum Gasteiger partial charge on any atom is 0.0935 e. The highest BCUT2D eigenvalue weighted by Gasteiger charge is 2.25. The molecule has 0 saturated carbocycles. The quantitative estimate of drug-likeness (QED) is 0.896. The molecule has 0 amide bonds. The van der Waals surface area contributed by atoms with Crippen molar-refractivity contribution in [2.45, 2.75) is 38.1 Å². The number of nitrogens with zero attached hydrogens (tertiary/aromatic N) is 1. The minimum atomic E-state index is 0.489. The second-order valence-corrected chi connectivity index (χ2v) is 6.25. The van der Waals surface area contributed by atoms with Gasteiger partial charge >= 0.3 is 0 Å². The Labute approximate surface area is 107 Å². The van der Waals surface area contributed by atoms with Crippen molar-refractivity contribution in [3.8, 4) is 0 Å². The van der Waals surface area contributed by atoms with Gasteiger partial charge in [-0.2, -0.15) is 0 Å². The Balaban J connectivity index is 1.75. The van der Waals surface area contributed by atoms with Gasteiger partial charge in [0, 0.05) is 24.5 Å². The lowest BCUT2D eigenvalue weighted by molar-refractivity contribution is 0.186. The number of thiazole rings is 1. The number of aromatic nitrogens is 1. The molecule has 2 atom stereocenters. The van der Waals surface area contributed by atoms with Crippen molar-refractivity contribution in [2.75, 3.05) is 20.3 Å². The molecular formula is C13H20N2OS. The molecule has 0 radical (unpaired) electrons. The third kappa shape index (κ3) is 2.39. The molecule has 1 aliphatic heterocycles. The molecule has 1 aromatic rings. The molecule has 2 unspecified atom stereocenters. The third-order valence-electron chi connectivity index (χ3n) is 3.83. The van der Waals surface area contributed by atoms with Crippen LogP contribution >= 0.6 is 11.3 Å². The Kier molecular flexibility index (Phi) is 3.45. The monoisotopic (exact) mass is 252 g/mol. The number of rotatable bonds is 3. The van der Waals surface area contributed by atoms with E-state index < -0.39 is 0 Å². The van der Waals surface area contributed by atoms with Crippen LogP contribution in [0.25, 0.3) is 0 Å². The van der Waals surface area contributed by atoms with E-state index in [1.165, 1.54) is 41.3 Å². The molecule has 0 spiro atoms. The van der Waals surface area contributed by atoms with Gasteiger partial charge in [0.05, 0.1) is 16.7 Å². The molecule has 1 aromatic heterocycles. The molecule has 1 saturated heterocycles. The smallest absolute Gasteiger partial charge is 0.0935 e. The summed E-state index contributed by atoms with van der Waals surface area (Å²) in [6.45, 7) is 1.87.